The second-order valence-electron chi connectivity index (χ2n) is 6.41. The third-order valence-electron chi connectivity index (χ3n) is 4.45. The maximum absolute atomic E-state index is 11.5. The molecule has 2 aromatic carbocycles. The molecule has 0 saturated carbocycles. The standard InChI is InChI=1S/C18H19N3O3/c1-4-18(2,3)12-9-11(17(23)24)10-15(16(12)22)21-19-13-7-5-6-8-14(13)20-21/h5-10,22H,4H2,1-3H3,(H,23,24). The number of aromatic hydroxyl groups is 1. The summed E-state index contributed by atoms with van der Waals surface area (Å²) in [5.74, 6) is -1.05. The van der Waals surface area contributed by atoms with E-state index < -0.39 is 5.97 Å². The maximum Gasteiger partial charge on any atom is 0.335 e. The SMILES string of the molecule is CCC(C)(C)c1cc(C(=O)O)cc(-n2nc3ccccc3n2)c1O. The number of carboxylic acids is 1. The molecule has 0 spiro atoms. The summed E-state index contributed by atoms with van der Waals surface area (Å²) >= 11 is 0. The molecule has 0 unspecified atom stereocenters. The van der Waals surface area contributed by atoms with Crippen LogP contribution in [0.5, 0.6) is 5.75 Å². The van der Waals surface area contributed by atoms with Crippen LogP contribution in [0.15, 0.2) is 36.4 Å². The van der Waals surface area contributed by atoms with E-state index in [1.165, 1.54) is 16.9 Å². The average Bonchev–Trinajstić information content (AvgIpc) is 2.98. The number of aromatic nitrogens is 3. The van der Waals surface area contributed by atoms with Crippen LogP contribution in [0.4, 0.5) is 0 Å². The van der Waals surface area contributed by atoms with Gasteiger partial charge in [0, 0.05) is 5.56 Å². The molecule has 0 aliphatic rings. The van der Waals surface area contributed by atoms with E-state index in [-0.39, 0.29) is 22.4 Å². The molecule has 0 radical (unpaired) electrons. The molecule has 6 nitrogen and oxygen atoms in total. The molecule has 3 rings (SSSR count). The number of hydrogen-bond acceptors (Lipinski definition) is 4. The molecule has 1 heterocycles. The number of rotatable bonds is 4. The zero-order valence-electron chi connectivity index (χ0n) is 13.8. The molecule has 2 N–H and O–H groups in total. The Morgan fingerprint density at radius 3 is 2.25 bits per heavy atom. The van der Waals surface area contributed by atoms with Gasteiger partial charge in [-0.1, -0.05) is 32.9 Å². The smallest absolute Gasteiger partial charge is 0.335 e. The fourth-order valence-electron chi connectivity index (χ4n) is 2.57. The van der Waals surface area contributed by atoms with Crippen molar-refractivity contribution in [1.82, 2.24) is 15.0 Å². The number of nitrogens with zero attached hydrogens (tertiary/aromatic N) is 3. The van der Waals surface area contributed by atoms with Crippen molar-refractivity contribution < 1.29 is 15.0 Å². The van der Waals surface area contributed by atoms with Gasteiger partial charge in [0.1, 0.15) is 22.5 Å². The number of phenols is 1. The van der Waals surface area contributed by atoms with Crippen LogP contribution in [0, 0.1) is 0 Å². The largest absolute Gasteiger partial charge is 0.505 e. The van der Waals surface area contributed by atoms with Gasteiger partial charge in [-0.3, -0.25) is 0 Å². The van der Waals surface area contributed by atoms with Crippen LogP contribution in [0.1, 0.15) is 43.1 Å². The second kappa shape index (κ2) is 5.63. The van der Waals surface area contributed by atoms with Gasteiger partial charge in [0.25, 0.3) is 0 Å². The van der Waals surface area contributed by atoms with E-state index in [1.807, 2.05) is 45.0 Å². The third-order valence-corrected chi connectivity index (χ3v) is 4.45. The molecule has 0 aliphatic carbocycles. The fraction of sp³-hybridized carbons (Fsp3) is 0.278. The Morgan fingerprint density at radius 1 is 1.17 bits per heavy atom. The van der Waals surface area contributed by atoms with Gasteiger partial charge in [-0.25, -0.2) is 4.79 Å². The minimum atomic E-state index is -1.05. The molecule has 0 atom stereocenters. The van der Waals surface area contributed by atoms with Crippen molar-refractivity contribution in [2.24, 2.45) is 0 Å². The minimum absolute atomic E-state index is 0.00663. The lowest BCUT2D eigenvalue weighted by atomic mass is 9.80. The van der Waals surface area contributed by atoms with Gasteiger partial charge >= 0.3 is 5.97 Å². The molecular formula is C18H19N3O3. The highest BCUT2D eigenvalue weighted by Crippen LogP contribution is 2.38. The van der Waals surface area contributed by atoms with Crippen molar-refractivity contribution in [3.8, 4) is 11.4 Å². The van der Waals surface area contributed by atoms with Crippen LogP contribution in [0.2, 0.25) is 0 Å². The average molecular weight is 325 g/mol. The first-order valence-corrected chi connectivity index (χ1v) is 7.76. The summed E-state index contributed by atoms with van der Waals surface area (Å²) in [7, 11) is 0. The van der Waals surface area contributed by atoms with Crippen LogP contribution in [-0.4, -0.2) is 31.2 Å². The van der Waals surface area contributed by atoms with Crippen LogP contribution in [0.25, 0.3) is 16.7 Å². The van der Waals surface area contributed by atoms with Crippen LogP contribution >= 0.6 is 0 Å². The van der Waals surface area contributed by atoms with Crippen molar-refractivity contribution in [2.45, 2.75) is 32.6 Å². The lowest BCUT2D eigenvalue weighted by Gasteiger charge is -2.25. The Morgan fingerprint density at radius 2 is 1.75 bits per heavy atom. The first kappa shape index (κ1) is 16.0. The quantitative estimate of drug-likeness (QED) is 0.766. The van der Waals surface area contributed by atoms with E-state index in [0.717, 1.165) is 6.42 Å². The summed E-state index contributed by atoms with van der Waals surface area (Å²) < 4.78 is 0. The summed E-state index contributed by atoms with van der Waals surface area (Å²) in [5.41, 5.74) is 1.91. The molecule has 3 aromatic rings. The Hall–Kier alpha value is -2.89. The zero-order valence-corrected chi connectivity index (χ0v) is 13.8. The molecule has 0 fully saturated rings. The molecule has 6 heteroatoms. The van der Waals surface area contributed by atoms with Gasteiger partial charge < -0.3 is 10.2 Å². The van der Waals surface area contributed by atoms with Crippen LogP contribution < -0.4 is 0 Å². The van der Waals surface area contributed by atoms with E-state index in [2.05, 4.69) is 10.2 Å². The lowest BCUT2D eigenvalue weighted by Crippen LogP contribution is -2.18. The minimum Gasteiger partial charge on any atom is -0.505 e. The lowest BCUT2D eigenvalue weighted by molar-refractivity contribution is 0.0696. The van der Waals surface area contributed by atoms with Crippen LogP contribution in [-0.2, 0) is 5.41 Å². The monoisotopic (exact) mass is 325 g/mol. The number of carboxylic acid groups (broad SMARTS) is 1. The number of fused-ring (bicyclic) bond motifs is 1. The third kappa shape index (κ3) is 2.60. The number of aromatic carboxylic acids is 1. The highest BCUT2D eigenvalue weighted by Gasteiger charge is 2.27. The zero-order chi connectivity index (χ0) is 17.5. The maximum atomic E-state index is 11.5. The molecule has 1 aromatic heterocycles. The van der Waals surface area contributed by atoms with E-state index in [4.69, 9.17) is 0 Å². The summed E-state index contributed by atoms with van der Waals surface area (Å²) in [5, 5.41) is 28.9. The first-order chi connectivity index (χ1) is 11.3. The number of benzene rings is 2. The highest BCUT2D eigenvalue weighted by atomic mass is 16.4. The predicted octanol–water partition coefficient (Wildman–Crippen LogP) is 3.51. The number of hydrogen-bond donors (Lipinski definition) is 2. The molecule has 0 bridgehead atoms. The summed E-state index contributed by atoms with van der Waals surface area (Å²) in [4.78, 5) is 12.8. The van der Waals surface area contributed by atoms with Gasteiger partial charge in [-0.2, -0.15) is 0 Å². The molecule has 124 valence electrons. The van der Waals surface area contributed by atoms with E-state index in [1.54, 1.807) is 0 Å². The van der Waals surface area contributed by atoms with Crippen LogP contribution in [0.3, 0.4) is 0 Å². The van der Waals surface area contributed by atoms with Gasteiger partial charge in [0.2, 0.25) is 0 Å². The predicted molar refractivity (Wildman–Crippen MR) is 90.8 cm³/mol. The highest BCUT2D eigenvalue weighted by molar-refractivity contribution is 5.89. The molecule has 24 heavy (non-hydrogen) atoms. The molecule has 0 amide bonds. The topological polar surface area (TPSA) is 88.2 Å². The van der Waals surface area contributed by atoms with E-state index in [0.29, 0.717) is 16.6 Å². The Kier molecular flexibility index (Phi) is 3.75. The van der Waals surface area contributed by atoms with Gasteiger partial charge in [0.15, 0.2) is 0 Å². The van der Waals surface area contributed by atoms with Gasteiger partial charge in [-0.15, -0.1) is 15.0 Å². The Labute approximate surface area is 139 Å². The summed E-state index contributed by atoms with van der Waals surface area (Å²) in [6, 6.07) is 10.2. The Balaban J connectivity index is 2.28. The van der Waals surface area contributed by atoms with E-state index in [9.17, 15) is 15.0 Å². The summed E-state index contributed by atoms with van der Waals surface area (Å²) in [6.45, 7) is 5.92. The Bertz CT molecular complexity index is 895. The van der Waals surface area contributed by atoms with Crippen molar-refractivity contribution in [2.75, 3.05) is 0 Å². The first-order valence-electron chi connectivity index (χ1n) is 7.76. The van der Waals surface area contributed by atoms with Crippen molar-refractivity contribution in [3.63, 3.8) is 0 Å². The van der Waals surface area contributed by atoms with Crippen molar-refractivity contribution in [3.05, 3.63) is 47.5 Å². The number of phenolic OH excluding ortho intramolecular Hbond substituents is 1. The van der Waals surface area contributed by atoms with Gasteiger partial charge in [0.05, 0.1) is 5.56 Å². The number of carbonyl (C=O) groups is 1. The van der Waals surface area contributed by atoms with E-state index >= 15 is 0 Å². The molecule has 0 saturated heterocycles. The molecule has 0 aliphatic heterocycles. The van der Waals surface area contributed by atoms with Crippen molar-refractivity contribution >= 4 is 17.0 Å². The second-order valence-corrected chi connectivity index (χ2v) is 6.41. The summed E-state index contributed by atoms with van der Waals surface area (Å²) in [6.07, 6.45) is 0.748. The fourth-order valence-corrected chi connectivity index (χ4v) is 2.57. The van der Waals surface area contributed by atoms with Crippen molar-refractivity contribution in [1.29, 1.82) is 0 Å². The molecular weight excluding hydrogens is 306 g/mol. The van der Waals surface area contributed by atoms with Gasteiger partial charge in [-0.05, 0) is 36.1 Å². The normalized spacial score (nSPS) is 11.8.